The molecule has 0 N–H and O–H groups in total. The van der Waals surface area contributed by atoms with Gasteiger partial charge < -0.3 is 4.90 Å². The fourth-order valence-electron chi connectivity index (χ4n) is 10.7. The van der Waals surface area contributed by atoms with Crippen molar-refractivity contribution in [1.29, 1.82) is 0 Å². The maximum atomic E-state index is 2.42. The minimum atomic E-state index is -0.464. The van der Waals surface area contributed by atoms with Crippen molar-refractivity contribution >= 4 is 48.6 Å². The Morgan fingerprint density at radius 3 is 1.65 bits per heavy atom. The molecule has 10 aromatic rings. The second-order valence-electron chi connectivity index (χ2n) is 16.8. The van der Waals surface area contributed by atoms with Crippen LogP contribution in [-0.4, -0.2) is 0 Å². The van der Waals surface area contributed by atoms with Gasteiger partial charge in [0.25, 0.3) is 0 Å². The Morgan fingerprint density at radius 1 is 0.367 bits per heavy atom. The maximum Gasteiger partial charge on any atom is 0.0725 e. The van der Waals surface area contributed by atoms with E-state index in [0.29, 0.717) is 0 Å². The van der Waals surface area contributed by atoms with Gasteiger partial charge in [0.2, 0.25) is 0 Å². The quantitative estimate of drug-likeness (QED) is 0.168. The molecule has 0 amide bonds. The SMILES string of the molecule is CC1(C)c2ccccc2C2(c3ccccc3-c3ccccc32)c2c(-c3ccc(N(c4ccccc4)c4ccccc4-c4ccc5sc6ccccc6c5c4)cc3)cccc21. The lowest BCUT2D eigenvalue weighted by molar-refractivity contribution is 0.564. The molecule has 2 aliphatic carbocycles. The summed E-state index contributed by atoms with van der Waals surface area (Å²) < 4.78 is 2.64. The Bertz CT molecular complexity index is 3250. The van der Waals surface area contributed by atoms with E-state index in [1.165, 1.54) is 86.9 Å². The van der Waals surface area contributed by atoms with Gasteiger partial charge in [0, 0.05) is 42.5 Å². The summed E-state index contributed by atoms with van der Waals surface area (Å²) in [5.41, 5.74) is 18.5. The highest BCUT2D eigenvalue weighted by molar-refractivity contribution is 7.25. The summed E-state index contributed by atoms with van der Waals surface area (Å²) in [5, 5.41) is 2.62. The van der Waals surface area contributed by atoms with Crippen molar-refractivity contribution in [2.45, 2.75) is 24.7 Å². The first-order valence-corrected chi connectivity index (χ1v) is 21.7. The summed E-state index contributed by atoms with van der Waals surface area (Å²) in [7, 11) is 0. The zero-order valence-electron chi connectivity index (χ0n) is 33.6. The number of nitrogens with zero attached hydrogens (tertiary/aromatic N) is 1. The average molecular weight is 784 g/mol. The molecule has 1 spiro atoms. The molecule has 284 valence electrons. The van der Waals surface area contributed by atoms with Crippen LogP contribution in [0.1, 0.15) is 47.2 Å². The van der Waals surface area contributed by atoms with Crippen LogP contribution in [0.25, 0.3) is 53.6 Å². The van der Waals surface area contributed by atoms with Crippen LogP contribution in [-0.2, 0) is 10.8 Å². The zero-order chi connectivity index (χ0) is 40.0. The fraction of sp³-hybridized carbons (Fsp3) is 0.0690. The molecule has 0 radical (unpaired) electrons. The standard InChI is InChI=1S/C58H41NS/c1-57(2)50-26-12-13-27-51(50)58(48-24-10-6-20-44(48)45-21-7-11-25-49(45)58)56-43(23-16-28-52(56)57)38-31-34-41(35-32-38)59(40-17-4-3-5-18-40)53-29-14-8-19-42(53)39-33-36-55-47(37-39)46-22-9-15-30-54(46)60-55/h3-37H,1-2H3. The number of hydrogen-bond acceptors (Lipinski definition) is 2. The van der Waals surface area contributed by atoms with Crippen LogP contribution in [0, 0.1) is 0 Å². The maximum absolute atomic E-state index is 2.42. The first-order valence-electron chi connectivity index (χ1n) is 20.9. The molecule has 1 heterocycles. The van der Waals surface area contributed by atoms with Gasteiger partial charge in [-0.1, -0.05) is 178 Å². The van der Waals surface area contributed by atoms with Crippen molar-refractivity contribution in [2.75, 3.05) is 4.90 Å². The van der Waals surface area contributed by atoms with Crippen LogP contribution in [0.15, 0.2) is 212 Å². The number of rotatable bonds is 5. The minimum absolute atomic E-state index is 0.203. The predicted molar refractivity (Wildman–Crippen MR) is 254 cm³/mol. The van der Waals surface area contributed by atoms with E-state index in [1.807, 2.05) is 11.3 Å². The topological polar surface area (TPSA) is 3.24 Å². The van der Waals surface area contributed by atoms with Crippen LogP contribution >= 0.6 is 11.3 Å². The van der Waals surface area contributed by atoms with Crippen molar-refractivity contribution in [3.8, 4) is 33.4 Å². The Morgan fingerprint density at radius 2 is 0.900 bits per heavy atom. The van der Waals surface area contributed by atoms with Gasteiger partial charge in [0.05, 0.1) is 11.1 Å². The second-order valence-corrected chi connectivity index (χ2v) is 17.9. The van der Waals surface area contributed by atoms with Crippen molar-refractivity contribution in [2.24, 2.45) is 0 Å². The van der Waals surface area contributed by atoms with E-state index in [9.17, 15) is 0 Å². The highest BCUT2D eigenvalue weighted by Gasteiger charge is 2.54. The summed E-state index contributed by atoms with van der Waals surface area (Å²) in [5.74, 6) is 0. The molecule has 0 saturated heterocycles. The normalized spacial score (nSPS) is 14.1. The molecule has 0 saturated carbocycles. The summed E-state index contributed by atoms with van der Waals surface area (Å²) in [6.07, 6.45) is 0. The van der Waals surface area contributed by atoms with E-state index < -0.39 is 5.41 Å². The minimum Gasteiger partial charge on any atom is -0.310 e. The van der Waals surface area contributed by atoms with Gasteiger partial charge in [-0.3, -0.25) is 0 Å². The van der Waals surface area contributed by atoms with Crippen LogP contribution in [0.4, 0.5) is 17.1 Å². The molecule has 2 aliphatic rings. The average Bonchev–Trinajstić information content (AvgIpc) is 3.83. The molecule has 12 rings (SSSR count). The Balaban J connectivity index is 1.05. The highest BCUT2D eigenvalue weighted by atomic mass is 32.1. The van der Waals surface area contributed by atoms with Gasteiger partial charge in [-0.2, -0.15) is 0 Å². The van der Waals surface area contributed by atoms with Gasteiger partial charge in [-0.25, -0.2) is 0 Å². The molecule has 1 aromatic heterocycles. The van der Waals surface area contributed by atoms with E-state index in [0.717, 1.165) is 17.1 Å². The Kier molecular flexibility index (Phi) is 7.73. The second kappa shape index (κ2) is 13.3. The molecule has 9 aromatic carbocycles. The molecule has 1 nitrogen and oxygen atoms in total. The number of para-hydroxylation sites is 2. The van der Waals surface area contributed by atoms with E-state index in [1.54, 1.807) is 0 Å². The largest absolute Gasteiger partial charge is 0.310 e. The van der Waals surface area contributed by atoms with Crippen molar-refractivity contribution < 1.29 is 0 Å². The van der Waals surface area contributed by atoms with Crippen LogP contribution < -0.4 is 4.90 Å². The highest BCUT2D eigenvalue weighted by Crippen LogP contribution is 2.63. The smallest absolute Gasteiger partial charge is 0.0725 e. The molecule has 2 heteroatoms. The van der Waals surface area contributed by atoms with Gasteiger partial charge >= 0.3 is 0 Å². The third kappa shape index (κ3) is 4.92. The third-order valence-corrected chi connectivity index (χ3v) is 14.5. The lowest BCUT2D eigenvalue weighted by Crippen LogP contribution is -2.41. The molecule has 0 aliphatic heterocycles. The molecular weight excluding hydrogens is 743 g/mol. The Labute approximate surface area is 355 Å². The number of hydrogen-bond donors (Lipinski definition) is 0. The van der Waals surface area contributed by atoms with Gasteiger partial charge in [-0.15, -0.1) is 11.3 Å². The molecule has 0 atom stereocenters. The van der Waals surface area contributed by atoms with E-state index in [4.69, 9.17) is 0 Å². The van der Waals surface area contributed by atoms with Crippen LogP contribution in [0.5, 0.6) is 0 Å². The molecule has 0 fully saturated rings. The summed E-state index contributed by atoms with van der Waals surface area (Å²) in [4.78, 5) is 2.42. The van der Waals surface area contributed by atoms with Crippen molar-refractivity contribution in [3.05, 3.63) is 246 Å². The van der Waals surface area contributed by atoms with Gasteiger partial charge in [-0.05, 0) is 110 Å². The number of benzene rings is 9. The van der Waals surface area contributed by atoms with E-state index in [-0.39, 0.29) is 5.41 Å². The summed E-state index contributed by atoms with van der Waals surface area (Å²) >= 11 is 1.86. The van der Waals surface area contributed by atoms with Crippen molar-refractivity contribution in [3.63, 3.8) is 0 Å². The molecule has 60 heavy (non-hydrogen) atoms. The summed E-state index contributed by atoms with van der Waals surface area (Å²) in [6.45, 7) is 4.82. The van der Waals surface area contributed by atoms with E-state index in [2.05, 4.69) is 231 Å². The number of thiophene rings is 1. The van der Waals surface area contributed by atoms with Gasteiger partial charge in [0.15, 0.2) is 0 Å². The predicted octanol–water partition coefficient (Wildman–Crippen LogP) is 15.9. The van der Waals surface area contributed by atoms with Gasteiger partial charge in [0.1, 0.15) is 0 Å². The number of fused-ring (bicyclic) bond motifs is 12. The molecule has 0 unspecified atom stereocenters. The number of anilines is 3. The Hall–Kier alpha value is -7.00. The van der Waals surface area contributed by atoms with Crippen LogP contribution in [0.2, 0.25) is 0 Å². The first-order chi connectivity index (χ1) is 29.5. The zero-order valence-corrected chi connectivity index (χ0v) is 34.4. The third-order valence-electron chi connectivity index (χ3n) is 13.4. The molecule has 0 bridgehead atoms. The van der Waals surface area contributed by atoms with Crippen LogP contribution in [0.3, 0.4) is 0 Å². The lowest BCUT2D eigenvalue weighted by Gasteiger charge is -2.47. The first kappa shape index (κ1) is 35.0. The monoisotopic (exact) mass is 783 g/mol. The lowest BCUT2D eigenvalue weighted by atomic mass is 9.54. The fourth-order valence-corrected chi connectivity index (χ4v) is 11.8. The van der Waals surface area contributed by atoms with Crippen molar-refractivity contribution in [1.82, 2.24) is 0 Å². The summed E-state index contributed by atoms with van der Waals surface area (Å²) in [6, 6.07) is 79.2. The van der Waals surface area contributed by atoms with E-state index >= 15 is 0 Å². The molecular formula is C58H41NS.